The number of carbonyl (C=O) groups is 5. The number of carboxylic acids is 1. The van der Waals surface area contributed by atoms with E-state index >= 15 is 0 Å². The number of hydrogen-bond donors (Lipinski definition) is 5. The Labute approximate surface area is 254 Å². The van der Waals surface area contributed by atoms with E-state index in [1.807, 2.05) is 20.8 Å². The van der Waals surface area contributed by atoms with Gasteiger partial charge in [-0.1, -0.05) is 5.16 Å². The summed E-state index contributed by atoms with van der Waals surface area (Å²) in [6, 6.07) is -1.04. The second-order valence-electron chi connectivity index (χ2n) is 10.8. The van der Waals surface area contributed by atoms with Crippen LogP contribution in [0.2, 0.25) is 0 Å². The minimum Gasteiger partial charge on any atom is -0.477 e. The van der Waals surface area contributed by atoms with Gasteiger partial charge in [0.05, 0.1) is 0 Å². The summed E-state index contributed by atoms with van der Waals surface area (Å²) in [5.41, 5.74) is 5.15. The van der Waals surface area contributed by atoms with Crippen LogP contribution in [-0.4, -0.2) is 107 Å². The Morgan fingerprint density at radius 1 is 1.23 bits per heavy atom. The summed E-state index contributed by atoms with van der Waals surface area (Å²) in [7, 11) is 0. The van der Waals surface area contributed by atoms with Crippen LogP contribution in [0.15, 0.2) is 28.1 Å². The topological polar surface area (TPSA) is 230 Å². The van der Waals surface area contributed by atoms with E-state index in [-0.39, 0.29) is 40.0 Å². The van der Waals surface area contributed by atoms with E-state index < -0.39 is 34.9 Å². The highest BCUT2D eigenvalue weighted by Gasteiger charge is 2.54. The van der Waals surface area contributed by atoms with Gasteiger partial charge in [0, 0.05) is 42.5 Å². The molecular weight excluding hydrogens is 604 g/mol. The first-order chi connectivity index (χ1) is 20.3. The number of rotatable bonds is 5. The minimum atomic E-state index is -1.31. The Morgan fingerprint density at radius 2 is 1.93 bits per heavy atom. The van der Waals surface area contributed by atoms with Crippen LogP contribution in [0.1, 0.15) is 45.9 Å². The number of amides is 4. The zero-order chi connectivity index (χ0) is 31.5. The third-order valence-corrected chi connectivity index (χ3v) is 8.38. The molecule has 43 heavy (non-hydrogen) atoms. The molecule has 4 aliphatic heterocycles. The first-order valence-corrected chi connectivity index (χ1v) is 15.1. The average Bonchev–Trinajstić information content (AvgIpc) is 3.70. The number of carboxylic acid groups (broad SMARTS) is 1. The quantitative estimate of drug-likeness (QED) is 0.0978. The molecule has 6 N–H and O–H groups in total. The van der Waals surface area contributed by atoms with Crippen molar-refractivity contribution in [2.24, 2.45) is 5.16 Å². The number of carbonyl (C=O) groups excluding carboxylic acids is 4. The molecule has 16 nitrogen and oxygen atoms in total. The molecular formula is C25H32N8O8S2. The summed E-state index contributed by atoms with van der Waals surface area (Å²) in [6.45, 7) is 7.86. The van der Waals surface area contributed by atoms with Crippen LogP contribution < -0.4 is 16.4 Å². The van der Waals surface area contributed by atoms with E-state index in [2.05, 4.69) is 25.1 Å². The molecule has 3 fully saturated rings. The lowest BCUT2D eigenvalue weighted by Crippen LogP contribution is -2.71. The summed E-state index contributed by atoms with van der Waals surface area (Å²) >= 11 is 2.04. The highest BCUT2D eigenvalue weighted by atomic mass is 32.2. The van der Waals surface area contributed by atoms with Gasteiger partial charge in [-0.25, -0.2) is 9.59 Å². The predicted molar refractivity (Wildman–Crippen MR) is 155 cm³/mol. The molecule has 5 heterocycles. The van der Waals surface area contributed by atoms with Crippen molar-refractivity contribution in [3.05, 3.63) is 28.7 Å². The van der Waals surface area contributed by atoms with Gasteiger partial charge in [-0.15, -0.1) is 11.8 Å². The number of nitrogens with zero attached hydrogens (tertiary/aromatic N) is 5. The van der Waals surface area contributed by atoms with Crippen molar-refractivity contribution in [3.8, 4) is 0 Å². The number of hydrogen-bond acceptors (Lipinski definition) is 13. The maximum absolute atomic E-state index is 12.7. The van der Waals surface area contributed by atoms with Crippen molar-refractivity contribution in [3.63, 3.8) is 0 Å². The smallest absolute Gasteiger partial charge is 0.410 e. The highest BCUT2D eigenvalue weighted by molar-refractivity contribution is 8.00. The largest absolute Gasteiger partial charge is 0.477 e. The second kappa shape index (κ2) is 13.0. The average molecular weight is 637 g/mol. The zero-order valence-corrected chi connectivity index (χ0v) is 25.3. The molecule has 0 radical (unpaired) electrons. The molecule has 1 aromatic rings. The van der Waals surface area contributed by atoms with Gasteiger partial charge < -0.3 is 36.3 Å². The van der Waals surface area contributed by atoms with Gasteiger partial charge in [0.25, 0.3) is 11.8 Å². The molecule has 4 aliphatic rings. The molecule has 1 unspecified atom stereocenters. The lowest BCUT2D eigenvalue weighted by atomic mass is 10.0. The zero-order valence-electron chi connectivity index (χ0n) is 23.7. The number of nitrogens with two attached hydrogens (primary N) is 1. The molecule has 1 aromatic heterocycles. The van der Waals surface area contributed by atoms with Crippen molar-refractivity contribution >= 4 is 63.9 Å². The van der Waals surface area contributed by atoms with Gasteiger partial charge in [0.2, 0.25) is 17.4 Å². The van der Waals surface area contributed by atoms with Crippen LogP contribution in [-0.2, 0) is 23.9 Å². The van der Waals surface area contributed by atoms with E-state index in [0.717, 1.165) is 42.4 Å². The molecule has 5 rings (SSSR count). The number of anilines is 1. The van der Waals surface area contributed by atoms with Gasteiger partial charge >= 0.3 is 12.1 Å². The van der Waals surface area contributed by atoms with Gasteiger partial charge in [-0.2, -0.15) is 9.36 Å². The van der Waals surface area contributed by atoms with Crippen LogP contribution in [0, 0.1) is 0 Å². The molecule has 2 atom stereocenters. The number of ether oxygens (including phenoxy) is 1. The number of nitrogens with one attached hydrogen (secondary N) is 2. The summed E-state index contributed by atoms with van der Waals surface area (Å²) in [5, 5.41) is 26.2. The number of β-lactam (4-membered cyclic amide) rings is 1. The fourth-order valence-corrected chi connectivity index (χ4v) is 6.34. The van der Waals surface area contributed by atoms with Gasteiger partial charge in [-0.3, -0.25) is 19.3 Å². The molecule has 3 saturated heterocycles. The number of allylic oxidation sites excluding steroid dienone is 1. The Hall–Kier alpha value is -4.19. The van der Waals surface area contributed by atoms with E-state index in [1.165, 1.54) is 17.8 Å². The molecule has 0 aromatic carbocycles. The van der Waals surface area contributed by atoms with Crippen LogP contribution in [0.25, 0.3) is 0 Å². The van der Waals surface area contributed by atoms with E-state index in [1.54, 1.807) is 4.90 Å². The fourth-order valence-electron chi connectivity index (χ4n) is 4.60. The van der Waals surface area contributed by atoms with Gasteiger partial charge in [0.15, 0.2) is 5.13 Å². The number of fused-ring (bicyclic) bond motifs is 1. The first kappa shape index (κ1) is 31.7. The highest BCUT2D eigenvalue weighted by Crippen LogP contribution is 2.41. The first-order valence-electron chi connectivity index (χ1n) is 13.3. The maximum atomic E-state index is 12.7. The summed E-state index contributed by atoms with van der Waals surface area (Å²) in [6.07, 6.45) is 4.02. The number of aromatic nitrogens is 2. The third-order valence-electron chi connectivity index (χ3n) is 6.53. The molecule has 0 bridgehead atoms. The lowest BCUT2D eigenvalue weighted by Gasteiger charge is -2.49. The Balaban J connectivity index is 0.000000296. The monoisotopic (exact) mass is 636 g/mol. The second-order valence-corrected chi connectivity index (χ2v) is 12.7. The van der Waals surface area contributed by atoms with Crippen LogP contribution in [0.4, 0.5) is 9.93 Å². The SMILES string of the molecule is CC(C)(C)OC(=O)N1CCCC1.Nc1nc(/C(=N\O)C(=O)N[C@@H]2C(=O)N3C(C(=O)O)=C(/C=C4\CCNC4=O)CSC23)ns1. The van der Waals surface area contributed by atoms with E-state index in [4.69, 9.17) is 15.7 Å². The van der Waals surface area contributed by atoms with Crippen molar-refractivity contribution < 1.29 is 39.0 Å². The Bertz CT molecular complexity index is 1410. The van der Waals surface area contributed by atoms with Crippen LogP contribution >= 0.6 is 23.3 Å². The molecule has 18 heteroatoms. The van der Waals surface area contributed by atoms with Gasteiger partial charge in [-0.05, 0) is 51.7 Å². The van der Waals surface area contributed by atoms with Crippen molar-refractivity contribution in [2.45, 2.75) is 57.1 Å². The molecule has 0 spiro atoms. The van der Waals surface area contributed by atoms with E-state index in [9.17, 15) is 29.1 Å². The van der Waals surface area contributed by atoms with Crippen molar-refractivity contribution in [2.75, 3.05) is 31.1 Å². The maximum Gasteiger partial charge on any atom is 0.410 e. The molecule has 232 valence electrons. The third kappa shape index (κ3) is 7.24. The number of nitrogen functional groups attached to an aromatic ring is 1. The summed E-state index contributed by atoms with van der Waals surface area (Å²) in [4.78, 5) is 66.8. The molecule has 0 aliphatic carbocycles. The molecule has 4 amide bonds. The fraction of sp³-hybridized carbons (Fsp3) is 0.520. The Kier molecular flexibility index (Phi) is 9.59. The number of likely N-dealkylation sites (tertiary alicyclic amines) is 1. The minimum absolute atomic E-state index is 0.0616. The van der Waals surface area contributed by atoms with E-state index in [0.29, 0.717) is 24.1 Å². The summed E-state index contributed by atoms with van der Waals surface area (Å²) in [5.74, 6) is -3.10. The normalized spacial score (nSPS) is 22.9. The lowest BCUT2D eigenvalue weighted by molar-refractivity contribution is -0.150. The number of oxime groups is 1. The predicted octanol–water partition coefficient (Wildman–Crippen LogP) is 0.501. The van der Waals surface area contributed by atoms with Gasteiger partial charge in [0.1, 0.15) is 22.7 Å². The summed E-state index contributed by atoms with van der Waals surface area (Å²) < 4.78 is 9.00. The van der Waals surface area contributed by atoms with Crippen LogP contribution in [0.5, 0.6) is 0 Å². The van der Waals surface area contributed by atoms with Crippen molar-refractivity contribution in [1.29, 1.82) is 0 Å². The van der Waals surface area contributed by atoms with Crippen molar-refractivity contribution in [1.82, 2.24) is 29.8 Å². The Morgan fingerprint density at radius 3 is 2.47 bits per heavy atom. The molecule has 0 saturated carbocycles. The number of thioether (sulfide) groups is 1. The standard InChI is InChI=1S/C16H15N7O6S2.C9H17NO2/c17-16-20-10(22-31-16)7(21-29)12(25)19-8-13(26)23-9(15(27)28)6(4-30-14(8)23)3-5-1-2-18-11(5)24;1-9(2,3)12-8(11)10-6-4-5-7-10/h3,8,14,29H,1-2,4H2,(H,18,24)(H,19,25)(H,27,28)(H2,17,20,22);4-7H2,1-3H3/b5-3+,21-7+;/t8-,14?;/m1./s1. The van der Waals surface area contributed by atoms with Crippen LogP contribution in [0.3, 0.4) is 0 Å². The number of aliphatic carboxylic acids is 1.